The lowest BCUT2D eigenvalue weighted by molar-refractivity contribution is 0.101. The monoisotopic (exact) mass is 167 g/mol. The summed E-state index contributed by atoms with van der Waals surface area (Å²) in [4.78, 5) is 11.0. The van der Waals surface area contributed by atoms with Crippen molar-refractivity contribution >= 4 is 11.5 Å². The molecule has 0 aromatic heterocycles. The van der Waals surface area contributed by atoms with Crippen molar-refractivity contribution in [2.75, 3.05) is 5.73 Å². The molecule has 1 aromatic carbocycles. The highest BCUT2D eigenvalue weighted by molar-refractivity contribution is 5.96. The Labute approximate surface area is 70.2 Å². The Morgan fingerprint density at radius 1 is 1.50 bits per heavy atom. The van der Waals surface area contributed by atoms with E-state index >= 15 is 0 Å². The molecule has 0 aliphatic carbocycles. The van der Waals surface area contributed by atoms with Gasteiger partial charge in [0.15, 0.2) is 5.78 Å². The molecule has 2 nitrogen and oxygen atoms in total. The fourth-order valence-corrected chi connectivity index (χ4v) is 1.07. The lowest BCUT2D eigenvalue weighted by Gasteiger charge is -2.03. The van der Waals surface area contributed by atoms with Crippen LogP contribution in [0.25, 0.3) is 0 Å². The molecule has 0 saturated carbocycles. The molecule has 2 N–H and O–H groups in total. The number of ketones is 1. The second-order valence-electron chi connectivity index (χ2n) is 2.74. The number of hydrogen-bond acceptors (Lipinski definition) is 2. The average Bonchev–Trinajstić information content (AvgIpc) is 1.96. The average molecular weight is 167 g/mol. The predicted molar refractivity (Wildman–Crippen MR) is 45.6 cm³/mol. The minimum absolute atomic E-state index is 0.0193. The summed E-state index contributed by atoms with van der Waals surface area (Å²) in [7, 11) is 0. The van der Waals surface area contributed by atoms with Crippen LogP contribution < -0.4 is 5.73 Å². The van der Waals surface area contributed by atoms with Crippen molar-refractivity contribution in [3.05, 3.63) is 29.1 Å². The minimum Gasteiger partial charge on any atom is -0.396 e. The number of halogens is 1. The predicted octanol–water partition coefficient (Wildman–Crippen LogP) is 1.92. The topological polar surface area (TPSA) is 43.1 Å². The van der Waals surface area contributed by atoms with E-state index < -0.39 is 5.82 Å². The van der Waals surface area contributed by atoms with Crippen molar-refractivity contribution in [2.45, 2.75) is 13.8 Å². The van der Waals surface area contributed by atoms with Crippen LogP contribution in [0.15, 0.2) is 12.1 Å². The lowest BCUT2D eigenvalue weighted by Crippen LogP contribution is -2.00. The summed E-state index contributed by atoms with van der Waals surface area (Å²) in [5.41, 5.74) is 6.42. The first kappa shape index (κ1) is 8.71. The Morgan fingerprint density at radius 2 is 2.08 bits per heavy atom. The van der Waals surface area contributed by atoms with Gasteiger partial charge in [-0.3, -0.25) is 4.79 Å². The maximum absolute atomic E-state index is 12.8. The number of hydrogen-bond donors (Lipinski definition) is 1. The maximum Gasteiger partial charge on any atom is 0.160 e. The highest BCUT2D eigenvalue weighted by atomic mass is 19.1. The summed E-state index contributed by atoms with van der Waals surface area (Å²) in [6, 6.07) is 2.64. The van der Waals surface area contributed by atoms with Crippen LogP contribution in [0.3, 0.4) is 0 Å². The van der Waals surface area contributed by atoms with Crippen LogP contribution in [0, 0.1) is 12.7 Å². The van der Waals surface area contributed by atoms with Crippen LogP contribution in [0.4, 0.5) is 10.1 Å². The van der Waals surface area contributed by atoms with Gasteiger partial charge in [0.1, 0.15) is 5.82 Å². The molecule has 0 amide bonds. The van der Waals surface area contributed by atoms with Gasteiger partial charge in [-0.25, -0.2) is 4.39 Å². The van der Waals surface area contributed by atoms with Gasteiger partial charge < -0.3 is 5.73 Å². The minimum atomic E-state index is -0.475. The van der Waals surface area contributed by atoms with E-state index in [1.54, 1.807) is 6.92 Å². The maximum atomic E-state index is 12.8. The highest BCUT2D eigenvalue weighted by Crippen LogP contribution is 2.17. The molecule has 12 heavy (non-hydrogen) atoms. The van der Waals surface area contributed by atoms with E-state index in [2.05, 4.69) is 0 Å². The van der Waals surface area contributed by atoms with Gasteiger partial charge in [-0.1, -0.05) is 0 Å². The summed E-state index contributed by atoms with van der Waals surface area (Å²) in [5.74, 6) is -0.572. The second-order valence-corrected chi connectivity index (χ2v) is 2.74. The van der Waals surface area contributed by atoms with Crippen molar-refractivity contribution in [1.82, 2.24) is 0 Å². The summed E-state index contributed by atoms with van der Waals surface area (Å²) < 4.78 is 12.8. The number of nitrogens with two attached hydrogens (primary N) is 1. The quantitative estimate of drug-likeness (QED) is 0.513. The Hall–Kier alpha value is -1.38. The molecule has 0 saturated heterocycles. The van der Waals surface area contributed by atoms with E-state index in [9.17, 15) is 9.18 Å². The molecule has 3 heteroatoms. The van der Waals surface area contributed by atoms with Gasteiger partial charge in [-0.15, -0.1) is 0 Å². The Morgan fingerprint density at radius 3 is 2.58 bits per heavy atom. The molecule has 0 unspecified atom stereocenters. The molecule has 1 aromatic rings. The van der Waals surface area contributed by atoms with Gasteiger partial charge in [0.05, 0.1) is 5.69 Å². The van der Waals surface area contributed by atoms with Crippen LogP contribution in [-0.4, -0.2) is 5.78 Å². The van der Waals surface area contributed by atoms with Crippen molar-refractivity contribution < 1.29 is 9.18 Å². The number of benzene rings is 1. The third kappa shape index (κ3) is 1.44. The first-order chi connectivity index (χ1) is 5.52. The molecule has 0 radical (unpaired) electrons. The van der Waals surface area contributed by atoms with E-state index in [0.717, 1.165) is 0 Å². The smallest absolute Gasteiger partial charge is 0.160 e. The Balaban J connectivity index is 3.33. The van der Waals surface area contributed by atoms with Crippen molar-refractivity contribution in [3.63, 3.8) is 0 Å². The van der Waals surface area contributed by atoms with Crippen LogP contribution in [0.1, 0.15) is 22.8 Å². The summed E-state index contributed by atoms with van der Waals surface area (Å²) in [6.07, 6.45) is 0. The summed E-state index contributed by atoms with van der Waals surface area (Å²) >= 11 is 0. The van der Waals surface area contributed by atoms with Crippen molar-refractivity contribution in [1.29, 1.82) is 0 Å². The van der Waals surface area contributed by atoms with E-state index in [1.165, 1.54) is 19.1 Å². The van der Waals surface area contributed by atoms with Gasteiger partial charge in [0.25, 0.3) is 0 Å². The Kier molecular flexibility index (Phi) is 2.13. The largest absolute Gasteiger partial charge is 0.396 e. The molecular formula is C9H10FNO. The molecule has 64 valence electrons. The molecule has 0 aliphatic rings. The fourth-order valence-electron chi connectivity index (χ4n) is 1.07. The van der Waals surface area contributed by atoms with Gasteiger partial charge in [0, 0.05) is 5.56 Å². The molecular weight excluding hydrogens is 157 g/mol. The molecule has 1 rings (SSSR count). The molecule has 0 fully saturated rings. The van der Waals surface area contributed by atoms with E-state index in [0.29, 0.717) is 11.1 Å². The van der Waals surface area contributed by atoms with E-state index in [4.69, 9.17) is 5.73 Å². The standard InChI is InChI=1S/C9H10FNO/c1-5-3-8(10)9(11)4-7(5)6(2)12/h3-4H,11H2,1-2H3. The van der Waals surface area contributed by atoms with Crippen LogP contribution in [0.2, 0.25) is 0 Å². The summed E-state index contributed by atoms with van der Waals surface area (Å²) in [5, 5.41) is 0. The third-order valence-electron chi connectivity index (χ3n) is 1.72. The molecule has 0 spiro atoms. The molecule has 0 aliphatic heterocycles. The SMILES string of the molecule is CC(=O)c1cc(N)c(F)cc1C. The molecule has 0 bridgehead atoms. The number of Topliss-reactive ketones (excluding diaryl/α,β-unsaturated/α-hetero) is 1. The van der Waals surface area contributed by atoms with E-state index in [1.807, 2.05) is 0 Å². The van der Waals surface area contributed by atoms with Crippen LogP contribution in [-0.2, 0) is 0 Å². The molecule has 0 atom stereocenters. The zero-order valence-electron chi connectivity index (χ0n) is 7.02. The number of rotatable bonds is 1. The normalized spacial score (nSPS) is 9.92. The van der Waals surface area contributed by atoms with Gasteiger partial charge in [-0.2, -0.15) is 0 Å². The van der Waals surface area contributed by atoms with Crippen LogP contribution in [0.5, 0.6) is 0 Å². The first-order valence-corrected chi connectivity index (χ1v) is 3.59. The number of nitrogen functional groups attached to an aromatic ring is 1. The number of aryl methyl sites for hydroxylation is 1. The third-order valence-corrected chi connectivity index (χ3v) is 1.72. The van der Waals surface area contributed by atoms with Crippen LogP contribution >= 0.6 is 0 Å². The lowest BCUT2D eigenvalue weighted by atomic mass is 10.0. The first-order valence-electron chi connectivity index (χ1n) is 3.59. The van der Waals surface area contributed by atoms with Crippen molar-refractivity contribution in [3.8, 4) is 0 Å². The number of anilines is 1. The van der Waals surface area contributed by atoms with Gasteiger partial charge in [-0.05, 0) is 31.5 Å². The fraction of sp³-hybridized carbons (Fsp3) is 0.222. The Bertz CT molecular complexity index is 334. The highest BCUT2D eigenvalue weighted by Gasteiger charge is 2.07. The molecule has 0 heterocycles. The van der Waals surface area contributed by atoms with Gasteiger partial charge in [0.2, 0.25) is 0 Å². The zero-order chi connectivity index (χ0) is 9.30. The second kappa shape index (κ2) is 2.93. The zero-order valence-corrected chi connectivity index (χ0v) is 7.02. The van der Waals surface area contributed by atoms with E-state index in [-0.39, 0.29) is 11.5 Å². The van der Waals surface area contributed by atoms with Crippen molar-refractivity contribution in [2.24, 2.45) is 0 Å². The number of carbonyl (C=O) groups is 1. The van der Waals surface area contributed by atoms with Gasteiger partial charge >= 0.3 is 0 Å². The number of carbonyl (C=O) groups excluding carboxylic acids is 1. The summed E-state index contributed by atoms with van der Waals surface area (Å²) in [6.45, 7) is 3.11.